The molecule has 8 nitrogen and oxygen atoms in total. The number of methoxy groups -OCH3 is 1. The Morgan fingerprint density at radius 1 is 1.24 bits per heavy atom. The molecule has 0 aliphatic rings. The fourth-order valence-electron chi connectivity index (χ4n) is 3.46. The largest absolute Gasteiger partial charge is 0.497 e. The molecule has 0 aliphatic carbocycles. The lowest BCUT2D eigenvalue weighted by Crippen LogP contribution is -2.44. The molecular formula is C23H25F2N3O5S. The molecule has 0 aliphatic heterocycles. The predicted molar refractivity (Wildman–Crippen MR) is 121 cm³/mol. The molecule has 2 heterocycles. The van der Waals surface area contributed by atoms with Crippen LogP contribution >= 0.6 is 0 Å². The summed E-state index contributed by atoms with van der Waals surface area (Å²) in [6, 6.07) is 7.40. The average Bonchev–Trinajstić information content (AvgIpc) is 3.09. The van der Waals surface area contributed by atoms with Crippen LogP contribution in [-0.4, -0.2) is 41.7 Å². The number of nitrogens with zero attached hydrogens (tertiary/aromatic N) is 2. The molecule has 182 valence electrons. The monoisotopic (exact) mass is 493 g/mol. The second-order valence-corrected chi connectivity index (χ2v) is 10.5. The quantitative estimate of drug-likeness (QED) is 0.475. The van der Waals surface area contributed by atoms with Gasteiger partial charge in [0.1, 0.15) is 11.4 Å². The molecule has 1 amide bonds. The second kappa shape index (κ2) is 9.41. The lowest BCUT2D eigenvalue weighted by atomic mass is 9.83. The fraction of sp³-hybridized carbons (Fsp3) is 0.304. The Bertz CT molecular complexity index is 1320. The van der Waals surface area contributed by atoms with Crippen molar-refractivity contribution in [3.8, 4) is 17.0 Å². The van der Waals surface area contributed by atoms with Crippen molar-refractivity contribution in [3.05, 3.63) is 66.1 Å². The number of amides is 1. The molecular weight excluding hydrogens is 468 g/mol. The smallest absolute Gasteiger partial charge is 0.404 e. The van der Waals surface area contributed by atoms with E-state index < -0.39 is 45.0 Å². The summed E-state index contributed by atoms with van der Waals surface area (Å²) in [6.45, 7) is 5.28. The van der Waals surface area contributed by atoms with Gasteiger partial charge in [0.25, 0.3) is 10.0 Å². The SMILES string of the molecule is COc1cccc(S(=O)(=O)n2cc(CC(NC(=O)O)C(C)(C)C)c(F)c2-c2cccnc2F)c1. The van der Waals surface area contributed by atoms with Crippen molar-refractivity contribution in [1.29, 1.82) is 0 Å². The van der Waals surface area contributed by atoms with Crippen LogP contribution in [0.15, 0.2) is 53.7 Å². The van der Waals surface area contributed by atoms with Crippen LogP contribution < -0.4 is 10.1 Å². The van der Waals surface area contributed by atoms with Crippen LogP contribution in [0.2, 0.25) is 0 Å². The number of ether oxygens (including phenoxy) is 1. The van der Waals surface area contributed by atoms with Gasteiger partial charge < -0.3 is 15.2 Å². The predicted octanol–water partition coefficient (Wildman–Crippen LogP) is 4.30. The van der Waals surface area contributed by atoms with Crippen molar-refractivity contribution in [2.24, 2.45) is 5.41 Å². The van der Waals surface area contributed by atoms with Crippen LogP contribution in [-0.2, 0) is 16.4 Å². The number of nitrogens with one attached hydrogen (secondary N) is 1. The summed E-state index contributed by atoms with van der Waals surface area (Å²) >= 11 is 0. The molecule has 1 unspecified atom stereocenters. The first kappa shape index (κ1) is 25.2. The third-order valence-corrected chi connectivity index (χ3v) is 7.02. The van der Waals surface area contributed by atoms with Crippen molar-refractivity contribution in [2.45, 2.75) is 38.1 Å². The summed E-state index contributed by atoms with van der Waals surface area (Å²) in [5, 5.41) is 11.6. The zero-order valence-corrected chi connectivity index (χ0v) is 19.9. The van der Waals surface area contributed by atoms with Gasteiger partial charge in [0.2, 0.25) is 5.95 Å². The summed E-state index contributed by atoms with van der Waals surface area (Å²) in [4.78, 5) is 14.6. The normalized spacial score (nSPS) is 12.9. The van der Waals surface area contributed by atoms with Crippen LogP contribution in [0.5, 0.6) is 5.75 Å². The molecule has 34 heavy (non-hydrogen) atoms. The van der Waals surface area contributed by atoms with Gasteiger partial charge in [-0.05, 0) is 36.1 Å². The second-order valence-electron chi connectivity index (χ2n) is 8.71. The maximum atomic E-state index is 15.8. The minimum absolute atomic E-state index is 0.0987. The Labute approximate surface area is 196 Å². The highest BCUT2D eigenvalue weighted by atomic mass is 32.2. The van der Waals surface area contributed by atoms with E-state index in [4.69, 9.17) is 4.74 Å². The van der Waals surface area contributed by atoms with E-state index in [2.05, 4.69) is 10.3 Å². The molecule has 0 radical (unpaired) electrons. The van der Waals surface area contributed by atoms with Crippen molar-refractivity contribution in [3.63, 3.8) is 0 Å². The van der Waals surface area contributed by atoms with E-state index in [0.717, 1.165) is 12.4 Å². The van der Waals surface area contributed by atoms with Crippen LogP contribution in [0.25, 0.3) is 11.3 Å². The minimum Gasteiger partial charge on any atom is -0.497 e. The zero-order valence-electron chi connectivity index (χ0n) is 19.0. The number of hydrogen-bond acceptors (Lipinski definition) is 5. The van der Waals surface area contributed by atoms with Crippen molar-refractivity contribution < 1.29 is 31.8 Å². The summed E-state index contributed by atoms with van der Waals surface area (Å²) in [5.41, 5.74) is -1.61. The molecule has 0 spiro atoms. The van der Waals surface area contributed by atoms with Crippen LogP contribution in [0.4, 0.5) is 13.6 Å². The topological polar surface area (TPSA) is 111 Å². The molecule has 0 fully saturated rings. The lowest BCUT2D eigenvalue weighted by molar-refractivity contribution is 0.174. The van der Waals surface area contributed by atoms with Crippen LogP contribution in [0.1, 0.15) is 26.3 Å². The van der Waals surface area contributed by atoms with Crippen LogP contribution in [0, 0.1) is 17.2 Å². The highest BCUT2D eigenvalue weighted by Gasteiger charge is 2.32. The molecule has 0 saturated heterocycles. The molecule has 3 aromatic rings. The van der Waals surface area contributed by atoms with E-state index in [0.29, 0.717) is 3.97 Å². The first-order valence-electron chi connectivity index (χ1n) is 10.3. The molecule has 2 aromatic heterocycles. The number of benzene rings is 1. The first-order valence-corrected chi connectivity index (χ1v) is 11.7. The van der Waals surface area contributed by atoms with Crippen molar-refractivity contribution in [1.82, 2.24) is 14.3 Å². The van der Waals surface area contributed by atoms with E-state index in [9.17, 15) is 22.7 Å². The number of halogens is 2. The number of carbonyl (C=O) groups is 1. The van der Waals surface area contributed by atoms with Gasteiger partial charge >= 0.3 is 6.09 Å². The standard InChI is InChI=1S/C23H25F2N3O5S/c1-23(2,3)18(27-22(29)30)11-14-13-28(20(19(14)24)17-9-6-10-26-21(17)25)34(31,32)16-8-5-7-15(12-16)33-4/h5-10,12-13,18,27H,11H2,1-4H3,(H,29,30). The summed E-state index contributed by atoms with van der Waals surface area (Å²) < 4.78 is 63.1. The van der Waals surface area contributed by atoms with Gasteiger partial charge in [0, 0.05) is 30.1 Å². The average molecular weight is 494 g/mol. The van der Waals surface area contributed by atoms with E-state index >= 15 is 4.39 Å². The number of pyridine rings is 1. The van der Waals surface area contributed by atoms with Gasteiger partial charge in [0.15, 0.2) is 5.82 Å². The number of hydrogen-bond donors (Lipinski definition) is 2. The summed E-state index contributed by atoms with van der Waals surface area (Å²) in [6.07, 6.45) is 0.737. The third kappa shape index (κ3) is 5.04. The maximum Gasteiger partial charge on any atom is 0.404 e. The summed E-state index contributed by atoms with van der Waals surface area (Å²) in [7, 11) is -3.02. The highest BCUT2D eigenvalue weighted by Crippen LogP contribution is 2.34. The van der Waals surface area contributed by atoms with Crippen molar-refractivity contribution >= 4 is 16.1 Å². The van der Waals surface area contributed by atoms with E-state index in [1.54, 1.807) is 26.8 Å². The van der Waals surface area contributed by atoms with Crippen molar-refractivity contribution in [2.75, 3.05) is 7.11 Å². The molecule has 3 rings (SSSR count). The number of aromatic nitrogens is 2. The Morgan fingerprint density at radius 2 is 1.94 bits per heavy atom. The highest BCUT2D eigenvalue weighted by molar-refractivity contribution is 7.90. The number of rotatable bonds is 7. The minimum atomic E-state index is -4.40. The molecule has 0 saturated carbocycles. The lowest BCUT2D eigenvalue weighted by Gasteiger charge is -2.30. The summed E-state index contributed by atoms with van der Waals surface area (Å²) in [5.74, 6) is -1.77. The fourth-order valence-corrected chi connectivity index (χ4v) is 4.89. The molecule has 0 bridgehead atoms. The van der Waals surface area contributed by atoms with Gasteiger partial charge in [-0.15, -0.1) is 0 Å². The van der Waals surface area contributed by atoms with Gasteiger partial charge in [0.05, 0.1) is 17.6 Å². The van der Waals surface area contributed by atoms with Gasteiger partial charge in [-0.2, -0.15) is 4.39 Å². The Hall–Kier alpha value is -3.47. The molecule has 11 heteroatoms. The van der Waals surface area contributed by atoms with Gasteiger partial charge in [-0.25, -0.2) is 26.6 Å². The number of carboxylic acid groups (broad SMARTS) is 1. The zero-order chi connectivity index (χ0) is 25.3. The third-order valence-electron chi connectivity index (χ3n) is 5.36. The Kier molecular flexibility index (Phi) is 6.97. The first-order chi connectivity index (χ1) is 15.9. The van der Waals surface area contributed by atoms with E-state index in [-0.39, 0.29) is 28.2 Å². The van der Waals surface area contributed by atoms with E-state index in [1.165, 1.54) is 37.4 Å². The molecule has 1 aromatic carbocycles. The Balaban J connectivity index is 2.25. The van der Waals surface area contributed by atoms with Gasteiger partial charge in [-0.1, -0.05) is 26.8 Å². The Morgan fingerprint density at radius 3 is 2.53 bits per heavy atom. The molecule has 2 N–H and O–H groups in total. The maximum absolute atomic E-state index is 15.8. The van der Waals surface area contributed by atoms with Crippen LogP contribution in [0.3, 0.4) is 0 Å². The van der Waals surface area contributed by atoms with E-state index in [1.807, 2.05) is 0 Å². The van der Waals surface area contributed by atoms with Gasteiger partial charge in [-0.3, -0.25) is 0 Å². The molecule has 1 atom stereocenters.